The summed E-state index contributed by atoms with van der Waals surface area (Å²) in [5.74, 6) is -1.72. The van der Waals surface area contributed by atoms with E-state index in [4.69, 9.17) is 10.5 Å². The molecule has 14 heteroatoms. The van der Waals surface area contributed by atoms with E-state index in [9.17, 15) is 27.2 Å². The number of halogens is 4. The van der Waals surface area contributed by atoms with Gasteiger partial charge in [-0.05, 0) is 80.1 Å². The fraction of sp³-hybridized carbons (Fsp3) is 0.593. The number of aromatic nitrogens is 4. The number of aromatic amines is 1. The Morgan fingerprint density at radius 1 is 1.22 bits per heavy atom. The lowest BCUT2D eigenvalue weighted by molar-refractivity contribution is -0.264. The Morgan fingerprint density at radius 2 is 1.93 bits per heavy atom. The molecular formula is C27H30F4N6O4. The summed E-state index contributed by atoms with van der Waals surface area (Å²) >= 11 is 0. The Morgan fingerprint density at radius 3 is 2.54 bits per heavy atom. The third-order valence-electron chi connectivity index (χ3n) is 8.61. The molecule has 4 N–H and O–H groups in total. The average molecular weight is 579 g/mol. The SMILES string of the molecule is CC(C)(OC[C@@H](c1nc2ccc([C@H](NC(=O)CC34CC(F)(C3)C4)C3CC3)cc2[nH]1)c1nonc1C(N)=O)C(F)(F)F. The third-order valence-corrected chi connectivity index (χ3v) is 8.61. The van der Waals surface area contributed by atoms with E-state index >= 15 is 0 Å². The van der Waals surface area contributed by atoms with Crippen molar-refractivity contribution >= 4 is 22.8 Å². The monoisotopic (exact) mass is 578 g/mol. The average Bonchev–Trinajstić information content (AvgIpc) is 3.40. The Kier molecular flexibility index (Phi) is 6.22. The zero-order valence-electron chi connectivity index (χ0n) is 22.5. The van der Waals surface area contributed by atoms with Crippen LogP contribution < -0.4 is 11.1 Å². The standard InChI is InChI=1S/C27H30F4N6O4/c1-24(2,27(29,30)31)40-9-15(20-21(22(32)39)37-41-36-20)23-33-16-6-5-14(7-17(16)34-23)19(13-3-4-13)35-18(38)8-25-10-26(28,11-25)12-25/h5-7,13,15,19H,3-4,8-12H2,1-2H3,(H2,32,39)(H,33,34)(H,35,38)/t15-,19-,25?,26?/m1/s1. The van der Waals surface area contributed by atoms with Gasteiger partial charge >= 0.3 is 6.18 Å². The maximum absolute atomic E-state index is 13.9. The van der Waals surface area contributed by atoms with Crippen LogP contribution in [-0.4, -0.2) is 56.1 Å². The maximum Gasteiger partial charge on any atom is 0.416 e. The Hall–Kier alpha value is -3.55. The lowest BCUT2D eigenvalue weighted by Crippen LogP contribution is -2.65. The van der Waals surface area contributed by atoms with Crippen LogP contribution in [0.15, 0.2) is 22.8 Å². The molecule has 41 heavy (non-hydrogen) atoms. The number of primary amides is 1. The van der Waals surface area contributed by atoms with Crippen LogP contribution in [-0.2, 0) is 9.53 Å². The fourth-order valence-electron chi connectivity index (χ4n) is 6.18. The number of carbonyl (C=O) groups excluding carboxylic acids is 2. The molecule has 2 aromatic heterocycles. The zero-order chi connectivity index (χ0) is 29.4. The first kappa shape index (κ1) is 27.6. The van der Waals surface area contributed by atoms with Gasteiger partial charge in [-0.15, -0.1) is 0 Å². The van der Waals surface area contributed by atoms with Gasteiger partial charge in [0.1, 0.15) is 17.2 Å². The summed E-state index contributed by atoms with van der Waals surface area (Å²) in [5, 5.41) is 10.4. The van der Waals surface area contributed by atoms with E-state index in [0.29, 0.717) is 36.7 Å². The minimum Gasteiger partial charge on any atom is -0.365 e. The molecule has 4 fully saturated rings. The zero-order valence-corrected chi connectivity index (χ0v) is 22.5. The highest BCUT2D eigenvalue weighted by Crippen LogP contribution is 2.71. The van der Waals surface area contributed by atoms with Crippen LogP contribution in [0.3, 0.4) is 0 Å². The second kappa shape index (κ2) is 9.23. The van der Waals surface area contributed by atoms with E-state index in [1.807, 2.05) is 12.1 Å². The van der Waals surface area contributed by atoms with Crippen molar-refractivity contribution in [3.05, 3.63) is 41.0 Å². The van der Waals surface area contributed by atoms with Crippen molar-refractivity contribution in [2.24, 2.45) is 17.1 Å². The molecule has 0 unspecified atom stereocenters. The number of amides is 2. The van der Waals surface area contributed by atoms with Crippen molar-refractivity contribution in [1.29, 1.82) is 0 Å². The minimum atomic E-state index is -4.66. The summed E-state index contributed by atoms with van der Waals surface area (Å²) < 4.78 is 64.4. The molecule has 4 aliphatic rings. The number of nitrogens with zero attached hydrogens (tertiary/aromatic N) is 3. The van der Waals surface area contributed by atoms with Gasteiger partial charge < -0.3 is 20.8 Å². The Balaban J connectivity index is 1.26. The molecule has 0 saturated heterocycles. The second-order valence-corrected chi connectivity index (χ2v) is 12.4. The number of H-pyrrole nitrogens is 1. The number of fused-ring (bicyclic) bond motifs is 1. The normalized spacial score (nSPS) is 25.3. The van der Waals surface area contributed by atoms with Crippen LogP contribution in [0.1, 0.15) is 91.9 Å². The van der Waals surface area contributed by atoms with E-state index < -0.39 is 35.9 Å². The number of hydrogen-bond acceptors (Lipinski definition) is 7. The summed E-state index contributed by atoms with van der Waals surface area (Å²) in [6, 6.07) is 5.19. The number of ether oxygens (including phenoxy) is 1. The lowest BCUT2D eigenvalue weighted by atomic mass is 9.41. The molecule has 3 aromatic rings. The number of rotatable bonds is 11. The van der Waals surface area contributed by atoms with E-state index in [-0.39, 0.29) is 40.5 Å². The number of benzene rings is 1. The minimum absolute atomic E-state index is 0.101. The van der Waals surface area contributed by atoms with Crippen molar-refractivity contribution < 1.29 is 36.5 Å². The number of nitrogens with one attached hydrogen (secondary N) is 2. The van der Waals surface area contributed by atoms with Gasteiger partial charge in [-0.2, -0.15) is 13.2 Å². The van der Waals surface area contributed by atoms with Gasteiger partial charge in [0.05, 0.1) is 29.6 Å². The number of nitrogens with two attached hydrogens (primary N) is 1. The van der Waals surface area contributed by atoms with Crippen LogP contribution in [0.5, 0.6) is 0 Å². The summed E-state index contributed by atoms with van der Waals surface area (Å²) in [6.45, 7) is 1.22. The molecule has 10 nitrogen and oxygen atoms in total. The van der Waals surface area contributed by atoms with Crippen LogP contribution in [0.4, 0.5) is 17.6 Å². The molecule has 2 heterocycles. The summed E-state index contributed by atoms with van der Waals surface area (Å²) in [6.07, 6.45) is -1.08. The molecule has 220 valence electrons. The molecule has 2 amide bonds. The fourth-order valence-corrected chi connectivity index (χ4v) is 6.18. The lowest BCUT2D eigenvalue weighted by Gasteiger charge is -2.65. The topological polar surface area (TPSA) is 149 Å². The van der Waals surface area contributed by atoms with Crippen molar-refractivity contribution in [2.75, 3.05) is 6.61 Å². The predicted octanol–water partition coefficient (Wildman–Crippen LogP) is 4.38. The molecule has 0 aliphatic heterocycles. The largest absolute Gasteiger partial charge is 0.416 e. The molecule has 4 aliphatic carbocycles. The number of imidazole rings is 1. The molecular weight excluding hydrogens is 548 g/mol. The van der Waals surface area contributed by atoms with E-state index in [1.165, 1.54) is 0 Å². The van der Waals surface area contributed by atoms with Crippen molar-refractivity contribution in [2.45, 2.75) is 81.8 Å². The maximum atomic E-state index is 13.9. The van der Waals surface area contributed by atoms with Gasteiger partial charge in [0.15, 0.2) is 11.3 Å². The van der Waals surface area contributed by atoms with Crippen LogP contribution in [0.2, 0.25) is 0 Å². The number of hydrogen-bond donors (Lipinski definition) is 3. The highest BCUT2D eigenvalue weighted by atomic mass is 19.4. The quantitative estimate of drug-likeness (QED) is 0.286. The first-order valence-corrected chi connectivity index (χ1v) is 13.5. The van der Waals surface area contributed by atoms with Crippen molar-refractivity contribution in [1.82, 2.24) is 25.6 Å². The number of carbonyl (C=O) groups is 2. The van der Waals surface area contributed by atoms with Crippen LogP contribution in [0, 0.1) is 11.3 Å². The number of alkyl halides is 4. The van der Waals surface area contributed by atoms with Crippen LogP contribution >= 0.6 is 0 Å². The summed E-state index contributed by atoms with van der Waals surface area (Å²) in [7, 11) is 0. The highest BCUT2D eigenvalue weighted by molar-refractivity contribution is 5.92. The third kappa shape index (κ3) is 5.06. The Labute approximate surface area is 231 Å². The van der Waals surface area contributed by atoms with Gasteiger partial charge in [-0.3, -0.25) is 9.59 Å². The summed E-state index contributed by atoms with van der Waals surface area (Å²) in [5.41, 5.74) is 3.07. The van der Waals surface area contributed by atoms with E-state index in [2.05, 4.69) is 30.2 Å². The molecule has 7 rings (SSSR count). The molecule has 1 aromatic carbocycles. The first-order chi connectivity index (χ1) is 19.2. The van der Waals surface area contributed by atoms with Gasteiger partial charge in [-0.1, -0.05) is 11.2 Å². The van der Waals surface area contributed by atoms with Crippen molar-refractivity contribution in [3.8, 4) is 0 Å². The molecule has 0 spiro atoms. The van der Waals surface area contributed by atoms with Gasteiger partial charge in [-0.25, -0.2) is 14.0 Å². The van der Waals surface area contributed by atoms with Gasteiger partial charge in [0, 0.05) is 6.42 Å². The molecule has 2 bridgehead atoms. The van der Waals surface area contributed by atoms with Crippen LogP contribution in [0.25, 0.3) is 11.0 Å². The molecule has 4 saturated carbocycles. The van der Waals surface area contributed by atoms with Gasteiger partial charge in [0.2, 0.25) is 5.91 Å². The van der Waals surface area contributed by atoms with E-state index in [0.717, 1.165) is 32.3 Å². The molecule has 2 atom stereocenters. The predicted molar refractivity (Wildman–Crippen MR) is 135 cm³/mol. The molecule has 0 radical (unpaired) electrons. The van der Waals surface area contributed by atoms with E-state index in [1.54, 1.807) is 6.07 Å². The highest BCUT2D eigenvalue weighted by Gasteiger charge is 2.69. The summed E-state index contributed by atoms with van der Waals surface area (Å²) in [4.78, 5) is 32.4. The smallest absolute Gasteiger partial charge is 0.365 e. The Bertz CT molecular complexity index is 1490. The van der Waals surface area contributed by atoms with Gasteiger partial charge in [0.25, 0.3) is 5.91 Å². The second-order valence-electron chi connectivity index (χ2n) is 12.4. The van der Waals surface area contributed by atoms with Crippen molar-refractivity contribution in [3.63, 3.8) is 0 Å². The first-order valence-electron chi connectivity index (χ1n) is 13.5.